The molecular weight excluding hydrogens is 726 g/mol. The first-order chi connectivity index (χ1) is 25.5. The molecule has 0 aliphatic carbocycles. The van der Waals surface area contributed by atoms with Gasteiger partial charge in [-0.05, 0) is 84.0 Å². The van der Waals surface area contributed by atoms with Crippen LogP contribution in [0.4, 0.5) is 13.2 Å². The third-order valence-electron chi connectivity index (χ3n) is 8.82. The SMILES string of the molecule is CC.CC.O=Cc1c(Cl)cc(OCCCCCCn2c(=O)c3ccc4oc5ccc(-c6ccc(C(F)(F)F)cc6)cc5c5ccc(c2=O)c3c45)cc1Cl. The molecule has 0 saturated heterocycles. The maximum absolute atomic E-state index is 13.7. The van der Waals surface area contributed by atoms with E-state index < -0.39 is 11.7 Å². The minimum atomic E-state index is -4.43. The fourth-order valence-electron chi connectivity index (χ4n) is 6.37. The molecule has 0 unspecified atom stereocenters. The Kier molecular flexibility index (Phi) is 12.5. The van der Waals surface area contributed by atoms with Crippen LogP contribution in [0.2, 0.25) is 10.0 Å². The fraction of sp³-hybridized carbons (Fsp3) is 0.262. The van der Waals surface area contributed by atoms with Crippen LogP contribution in [0.15, 0.2) is 92.9 Å². The molecule has 6 nitrogen and oxygen atoms in total. The third-order valence-corrected chi connectivity index (χ3v) is 9.45. The number of pyridine rings is 1. The summed E-state index contributed by atoms with van der Waals surface area (Å²) in [7, 11) is 0. The van der Waals surface area contributed by atoms with E-state index in [-0.39, 0.29) is 33.3 Å². The number of fused-ring (bicyclic) bond motifs is 2. The Balaban J connectivity index is 0.00000131. The van der Waals surface area contributed by atoms with Crippen molar-refractivity contribution >= 4 is 73.0 Å². The summed E-state index contributed by atoms with van der Waals surface area (Å²) in [4.78, 5) is 38.4. The number of hydrogen-bond donors (Lipinski definition) is 0. The lowest BCUT2D eigenvalue weighted by molar-refractivity contribution is -0.137. The Morgan fingerprint density at radius 3 is 1.87 bits per heavy atom. The highest BCUT2D eigenvalue weighted by Gasteiger charge is 2.30. The summed E-state index contributed by atoms with van der Waals surface area (Å²) >= 11 is 12.1. The van der Waals surface area contributed by atoms with E-state index in [0.29, 0.717) is 74.3 Å². The zero-order valence-electron chi connectivity index (χ0n) is 29.7. The summed E-state index contributed by atoms with van der Waals surface area (Å²) in [6.07, 6.45) is -0.936. The minimum Gasteiger partial charge on any atom is -0.493 e. The first-order valence-corrected chi connectivity index (χ1v) is 18.3. The van der Waals surface area contributed by atoms with Crippen LogP contribution in [0.1, 0.15) is 69.3 Å². The number of halogens is 5. The monoisotopic (exact) mass is 763 g/mol. The first kappa shape index (κ1) is 39.3. The van der Waals surface area contributed by atoms with Crippen LogP contribution in [0, 0.1) is 0 Å². The van der Waals surface area contributed by atoms with Crippen molar-refractivity contribution in [3.05, 3.63) is 121 Å². The smallest absolute Gasteiger partial charge is 0.416 e. The van der Waals surface area contributed by atoms with E-state index in [0.717, 1.165) is 36.8 Å². The minimum absolute atomic E-state index is 0.215. The van der Waals surface area contributed by atoms with Gasteiger partial charge in [0, 0.05) is 33.5 Å². The van der Waals surface area contributed by atoms with Gasteiger partial charge in [0.15, 0.2) is 6.29 Å². The Labute approximate surface area is 314 Å². The van der Waals surface area contributed by atoms with Crippen molar-refractivity contribution in [3.8, 4) is 16.9 Å². The summed E-state index contributed by atoms with van der Waals surface area (Å²) in [5.41, 5.74) is 1.14. The molecule has 0 saturated carbocycles. The molecule has 7 rings (SSSR count). The molecule has 7 aromatic rings. The van der Waals surface area contributed by atoms with Crippen molar-refractivity contribution in [1.29, 1.82) is 0 Å². The number of aromatic nitrogens is 1. The predicted octanol–water partition coefficient (Wildman–Crippen LogP) is 12.3. The quantitative estimate of drug-likeness (QED) is 0.0600. The van der Waals surface area contributed by atoms with E-state index in [4.69, 9.17) is 32.4 Å². The van der Waals surface area contributed by atoms with Crippen LogP contribution in [-0.2, 0) is 12.7 Å². The van der Waals surface area contributed by atoms with Gasteiger partial charge in [0.1, 0.15) is 16.9 Å². The molecular formula is C42H38Cl2F3NO5. The van der Waals surface area contributed by atoms with Crippen LogP contribution in [0.3, 0.4) is 0 Å². The van der Waals surface area contributed by atoms with E-state index in [2.05, 4.69) is 0 Å². The maximum atomic E-state index is 13.7. The van der Waals surface area contributed by atoms with E-state index in [9.17, 15) is 27.6 Å². The lowest BCUT2D eigenvalue weighted by atomic mass is 9.95. The number of ether oxygens (including phenoxy) is 1. The molecule has 0 spiro atoms. The van der Waals surface area contributed by atoms with Gasteiger partial charge < -0.3 is 9.15 Å². The van der Waals surface area contributed by atoms with Gasteiger partial charge in [0.2, 0.25) is 0 Å². The average Bonchev–Trinajstić information content (AvgIpc) is 3.16. The van der Waals surface area contributed by atoms with Gasteiger partial charge in [-0.15, -0.1) is 0 Å². The highest BCUT2D eigenvalue weighted by atomic mass is 35.5. The normalized spacial score (nSPS) is 11.4. The van der Waals surface area contributed by atoms with Gasteiger partial charge in [-0.1, -0.05) is 88.0 Å². The molecule has 0 fully saturated rings. The Bertz CT molecular complexity index is 2450. The molecule has 0 amide bonds. The molecule has 0 atom stereocenters. The van der Waals surface area contributed by atoms with Crippen molar-refractivity contribution in [2.75, 3.05) is 6.61 Å². The average molecular weight is 765 g/mol. The van der Waals surface area contributed by atoms with Crippen LogP contribution in [0.5, 0.6) is 5.75 Å². The second-order valence-corrected chi connectivity index (χ2v) is 12.7. The zero-order valence-corrected chi connectivity index (χ0v) is 31.2. The highest BCUT2D eigenvalue weighted by molar-refractivity contribution is 6.38. The summed E-state index contributed by atoms with van der Waals surface area (Å²) < 4.78 is 52.6. The Morgan fingerprint density at radius 1 is 0.679 bits per heavy atom. The summed E-state index contributed by atoms with van der Waals surface area (Å²) in [5.74, 6) is 0.470. The fourth-order valence-corrected chi connectivity index (χ4v) is 6.92. The topological polar surface area (TPSA) is 78.5 Å². The van der Waals surface area contributed by atoms with Crippen molar-refractivity contribution in [2.24, 2.45) is 0 Å². The number of benzene rings is 5. The standard InChI is InChI=1S/C38H26Cl2F3NO5.2C2H6/c39-30-18-24(19-31(40)29(30)20-45)48-16-4-2-1-3-15-44-36(46)26-11-10-25-28-17-22(21-5-8-23(9-6-21)38(41,42)43)7-13-32(28)49-33-14-12-27(37(44)47)34(26)35(25)33;2*1-2/h5-14,17-20H,1-4,15-16H2;2*1-2H3. The third kappa shape index (κ3) is 7.92. The van der Waals surface area contributed by atoms with Gasteiger partial charge in [-0.2, -0.15) is 13.2 Å². The van der Waals surface area contributed by atoms with Gasteiger partial charge in [0.25, 0.3) is 11.1 Å². The molecule has 0 bridgehead atoms. The molecule has 276 valence electrons. The molecule has 0 aliphatic heterocycles. The summed E-state index contributed by atoms with van der Waals surface area (Å²) in [5, 5.41) is 3.93. The van der Waals surface area contributed by atoms with Crippen LogP contribution in [0.25, 0.3) is 54.6 Å². The Hall–Kier alpha value is -4.86. The molecule has 5 aromatic carbocycles. The number of alkyl halides is 3. The van der Waals surface area contributed by atoms with Crippen LogP contribution < -0.4 is 15.9 Å². The molecule has 0 N–H and O–H groups in total. The molecule has 2 aromatic heterocycles. The number of hydrogen-bond acceptors (Lipinski definition) is 5. The first-order valence-electron chi connectivity index (χ1n) is 17.6. The lowest BCUT2D eigenvalue weighted by Gasteiger charge is -2.14. The number of carbonyl (C=O) groups is 1. The number of aldehydes is 1. The van der Waals surface area contributed by atoms with Gasteiger partial charge >= 0.3 is 6.18 Å². The van der Waals surface area contributed by atoms with Crippen molar-refractivity contribution in [1.82, 2.24) is 4.57 Å². The largest absolute Gasteiger partial charge is 0.493 e. The van der Waals surface area contributed by atoms with E-state index >= 15 is 0 Å². The van der Waals surface area contributed by atoms with Gasteiger partial charge in [-0.3, -0.25) is 19.0 Å². The summed E-state index contributed by atoms with van der Waals surface area (Å²) in [6, 6.07) is 20.4. The second-order valence-electron chi connectivity index (χ2n) is 11.9. The van der Waals surface area contributed by atoms with Crippen molar-refractivity contribution in [3.63, 3.8) is 0 Å². The predicted molar refractivity (Wildman–Crippen MR) is 209 cm³/mol. The maximum Gasteiger partial charge on any atom is 0.416 e. The number of rotatable bonds is 10. The van der Waals surface area contributed by atoms with Gasteiger partial charge in [-0.25, -0.2) is 0 Å². The molecule has 53 heavy (non-hydrogen) atoms. The lowest BCUT2D eigenvalue weighted by Crippen LogP contribution is -2.33. The van der Waals surface area contributed by atoms with Crippen molar-refractivity contribution in [2.45, 2.75) is 66.1 Å². The Morgan fingerprint density at radius 2 is 1.25 bits per heavy atom. The molecule has 2 heterocycles. The molecule has 0 radical (unpaired) electrons. The summed E-state index contributed by atoms with van der Waals surface area (Å²) in [6.45, 7) is 8.67. The molecule has 11 heteroatoms. The van der Waals surface area contributed by atoms with E-state index in [1.54, 1.807) is 42.5 Å². The second kappa shape index (κ2) is 16.9. The van der Waals surface area contributed by atoms with Crippen molar-refractivity contribution < 1.29 is 27.1 Å². The van der Waals surface area contributed by atoms with Crippen LogP contribution in [-0.4, -0.2) is 17.5 Å². The zero-order chi connectivity index (χ0) is 38.4. The van der Waals surface area contributed by atoms with E-state index in [1.807, 2.05) is 39.8 Å². The highest BCUT2D eigenvalue weighted by Crippen LogP contribution is 2.39. The molecule has 0 aliphatic rings. The van der Waals surface area contributed by atoms with Gasteiger partial charge in [0.05, 0.1) is 27.8 Å². The number of carbonyl (C=O) groups excluding carboxylic acids is 1. The number of nitrogens with zero attached hydrogens (tertiary/aromatic N) is 1. The number of unbranched alkanes of at least 4 members (excludes halogenated alkanes) is 3. The van der Waals surface area contributed by atoms with E-state index in [1.165, 1.54) is 16.7 Å². The van der Waals surface area contributed by atoms with Crippen LogP contribution >= 0.6 is 23.2 Å².